The summed E-state index contributed by atoms with van der Waals surface area (Å²) in [5.41, 5.74) is 1.52. The number of hydrogen-bond acceptors (Lipinski definition) is 5. The van der Waals surface area contributed by atoms with Crippen molar-refractivity contribution in [2.75, 3.05) is 26.8 Å². The maximum absolute atomic E-state index is 12.2. The first-order chi connectivity index (χ1) is 9.75. The average Bonchev–Trinajstić information content (AvgIpc) is 2.88. The van der Waals surface area contributed by atoms with Crippen LogP contribution in [0.25, 0.3) is 11.0 Å². The maximum Gasteiger partial charge on any atom is 0.240 e. The van der Waals surface area contributed by atoms with E-state index in [1.165, 1.54) is 0 Å². The number of amides is 1. The minimum absolute atomic E-state index is 0.0289. The van der Waals surface area contributed by atoms with Gasteiger partial charge in [-0.3, -0.25) is 14.8 Å². The van der Waals surface area contributed by atoms with Gasteiger partial charge in [-0.15, -0.1) is 0 Å². The summed E-state index contributed by atoms with van der Waals surface area (Å²) in [7, 11) is 1.93. The lowest BCUT2D eigenvalue weighted by atomic mass is 10.2. The number of morpholine rings is 1. The highest BCUT2D eigenvalue weighted by Gasteiger charge is 2.26. The van der Waals surface area contributed by atoms with Crippen molar-refractivity contribution in [2.24, 2.45) is 0 Å². The number of hydrogen-bond donors (Lipinski definition) is 2. The number of fused-ring (bicyclic) bond motifs is 1. The van der Waals surface area contributed by atoms with E-state index >= 15 is 0 Å². The number of nitrogens with one attached hydrogen (secondary N) is 2. The molecule has 0 radical (unpaired) electrons. The fourth-order valence-corrected chi connectivity index (χ4v) is 2.29. The second-order valence-electron chi connectivity index (χ2n) is 4.87. The van der Waals surface area contributed by atoms with Crippen molar-refractivity contribution in [1.82, 2.24) is 25.4 Å². The molecule has 0 bridgehead atoms. The zero-order valence-corrected chi connectivity index (χ0v) is 11.3. The van der Waals surface area contributed by atoms with Gasteiger partial charge < -0.3 is 10.1 Å². The third-order valence-electron chi connectivity index (χ3n) is 3.55. The summed E-state index contributed by atoms with van der Waals surface area (Å²) in [4.78, 5) is 18.3. The number of rotatable bonds is 3. The van der Waals surface area contributed by atoms with Crippen LogP contribution >= 0.6 is 0 Å². The number of likely N-dealkylation sites (N-methyl/N-ethyl adjacent to an activating group) is 1. The van der Waals surface area contributed by atoms with Crippen molar-refractivity contribution in [3.05, 3.63) is 24.0 Å². The second kappa shape index (κ2) is 5.56. The van der Waals surface area contributed by atoms with Crippen LogP contribution in [-0.4, -0.2) is 58.8 Å². The van der Waals surface area contributed by atoms with E-state index in [0.717, 1.165) is 17.6 Å². The summed E-state index contributed by atoms with van der Waals surface area (Å²) in [5.74, 6) is -0.0289. The predicted octanol–water partition coefficient (Wildman–Crippen LogP) is -0.0953. The lowest BCUT2D eigenvalue weighted by Crippen LogP contribution is -2.51. The molecule has 1 fully saturated rings. The van der Waals surface area contributed by atoms with Crippen LogP contribution in [0.5, 0.6) is 0 Å². The first-order valence-corrected chi connectivity index (χ1v) is 6.59. The molecule has 1 saturated heterocycles. The van der Waals surface area contributed by atoms with Gasteiger partial charge in [0.2, 0.25) is 5.91 Å². The number of aromatic nitrogens is 3. The zero-order chi connectivity index (χ0) is 13.9. The quantitative estimate of drug-likeness (QED) is 0.817. The Hall–Kier alpha value is -1.99. The highest BCUT2D eigenvalue weighted by Crippen LogP contribution is 2.12. The van der Waals surface area contributed by atoms with Crippen molar-refractivity contribution in [3.8, 4) is 0 Å². The van der Waals surface area contributed by atoms with E-state index in [1.807, 2.05) is 24.1 Å². The molecule has 2 aromatic heterocycles. The topological polar surface area (TPSA) is 83.1 Å². The maximum atomic E-state index is 12.2. The third kappa shape index (κ3) is 2.50. The molecule has 0 unspecified atom stereocenters. The summed E-state index contributed by atoms with van der Waals surface area (Å²) in [6.45, 7) is 2.30. The molecule has 3 rings (SSSR count). The van der Waals surface area contributed by atoms with Crippen LogP contribution in [0.2, 0.25) is 0 Å². The van der Waals surface area contributed by atoms with Gasteiger partial charge in [0.05, 0.1) is 25.5 Å². The number of carbonyl (C=O) groups is 1. The van der Waals surface area contributed by atoms with Crippen molar-refractivity contribution in [2.45, 2.75) is 12.6 Å². The van der Waals surface area contributed by atoms with E-state index in [0.29, 0.717) is 25.4 Å². The number of carbonyl (C=O) groups excluding carboxylic acids is 1. The lowest BCUT2D eigenvalue weighted by Gasteiger charge is -2.31. The average molecular weight is 275 g/mol. The molecule has 0 saturated carbocycles. The molecule has 2 aromatic rings. The van der Waals surface area contributed by atoms with E-state index in [-0.39, 0.29) is 11.9 Å². The van der Waals surface area contributed by atoms with Gasteiger partial charge in [-0.25, -0.2) is 4.98 Å². The van der Waals surface area contributed by atoms with E-state index in [1.54, 1.807) is 6.20 Å². The molecule has 7 heteroatoms. The lowest BCUT2D eigenvalue weighted by molar-refractivity contribution is -0.131. The molecule has 0 aliphatic carbocycles. The Labute approximate surface area is 116 Å². The highest BCUT2D eigenvalue weighted by molar-refractivity contribution is 5.83. The molecular weight excluding hydrogens is 258 g/mol. The Balaban J connectivity index is 1.65. The first-order valence-electron chi connectivity index (χ1n) is 6.59. The molecule has 1 aliphatic rings. The smallest absolute Gasteiger partial charge is 0.240 e. The number of pyridine rings is 1. The normalized spacial score (nSPS) is 20.1. The molecule has 0 spiro atoms. The summed E-state index contributed by atoms with van der Waals surface area (Å²) in [6.07, 6.45) is 1.69. The van der Waals surface area contributed by atoms with Gasteiger partial charge in [-0.1, -0.05) is 0 Å². The van der Waals surface area contributed by atoms with Gasteiger partial charge in [-0.2, -0.15) is 5.10 Å². The molecule has 1 aliphatic heterocycles. The first kappa shape index (κ1) is 13.0. The zero-order valence-electron chi connectivity index (χ0n) is 11.3. The number of nitrogens with zero attached hydrogens (tertiary/aromatic N) is 3. The van der Waals surface area contributed by atoms with Gasteiger partial charge in [0, 0.05) is 18.1 Å². The second-order valence-corrected chi connectivity index (χ2v) is 4.87. The Morgan fingerprint density at radius 1 is 1.65 bits per heavy atom. The summed E-state index contributed by atoms with van der Waals surface area (Å²) >= 11 is 0. The molecule has 1 amide bonds. The Kier molecular flexibility index (Phi) is 3.62. The van der Waals surface area contributed by atoms with Crippen LogP contribution in [-0.2, 0) is 16.1 Å². The van der Waals surface area contributed by atoms with Crippen LogP contribution in [0, 0.1) is 0 Å². The highest BCUT2D eigenvalue weighted by atomic mass is 16.5. The van der Waals surface area contributed by atoms with Crippen molar-refractivity contribution in [1.29, 1.82) is 0 Å². The minimum atomic E-state index is -0.226. The number of ether oxygens (including phenoxy) is 1. The van der Waals surface area contributed by atoms with Gasteiger partial charge in [0.15, 0.2) is 5.65 Å². The van der Waals surface area contributed by atoms with E-state index < -0.39 is 0 Å². The molecular formula is C13H17N5O2. The largest absolute Gasteiger partial charge is 0.378 e. The summed E-state index contributed by atoms with van der Waals surface area (Å²) < 4.78 is 5.35. The van der Waals surface area contributed by atoms with Crippen molar-refractivity contribution >= 4 is 16.9 Å². The molecule has 1 atom stereocenters. The van der Waals surface area contributed by atoms with Gasteiger partial charge >= 0.3 is 0 Å². The summed E-state index contributed by atoms with van der Waals surface area (Å²) in [6, 6.07) is 3.56. The molecule has 20 heavy (non-hydrogen) atoms. The van der Waals surface area contributed by atoms with Crippen LogP contribution in [0.15, 0.2) is 18.3 Å². The number of aromatic amines is 1. The van der Waals surface area contributed by atoms with Crippen LogP contribution in [0.1, 0.15) is 5.69 Å². The van der Waals surface area contributed by atoms with Gasteiger partial charge in [0.25, 0.3) is 0 Å². The fourth-order valence-electron chi connectivity index (χ4n) is 2.29. The van der Waals surface area contributed by atoms with Gasteiger partial charge in [0.1, 0.15) is 6.04 Å². The van der Waals surface area contributed by atoms with E-state index in [9.17, 15) is 4.79 Å². The predicted molar refractivity (Wildman–Crippen MR) is 73.0 cm³/mol. The Morgan fingerprint density at radius 3 is 3.40 bits per heavy atom. The Morgan fingerprint density at radius 2 is 2.55 bits per heavy atom. The van der Waals surface area contributed by atoms with Crippen molar-refractivity contribution in [3.63, 3.8) is 0 Å². The fraction of sp³-hybridized carbons (Fsp3) is 0.462. The number of H-pyrrole nitrogens is 1. The summed E-state index contributed by atoms with van der Waals surface area (Å²) in [5, 5.41) is 10.9. The van der Waals surface area contributed by atoms with Crippen molar-refractivity contribution < 1.29 is 9.53 Å². The SMILES string of the molecule is CN1CCOC[C@H]1C(=O)NCc1[nH]nc2ncccc12. The Bertz CT molecular complexity index is 612. The molecule has 2 N–H and O–H groups in total. The van der Waals surface area contributed by atoms with Gasteiger partial charge in [-0.05, 0) is 19.2 Å². The van der Waals surface area contributed by atoms with Crippen LogP contribution < -0.4 is 5.32 Å². The van der Waals surface area contributed by atoms with Crippen LogP contribution in [0.3, 0.4) is 0 Å². The molecule has 3 heterocycles. The molecule has 0 aromatic carbocycles. The standard InChI is InChI=1S/C13H17N5O2/c1-18-5-6-20-8-11(18)13(19)15-7-10-9-3-2-4-14-12(9)17-16-10/h2-4,11H,5-8H2,1H3,(H,15,19)(H,14,16,17)/t11-/m0/s1. The molecule has 7 nitrogen and oxygen atoms in total. The third-order valence-corrected chi connectivity index (χ3v) is 3.55. The minimum Gasteiger partial charge on any atom is -0.378 e. The van der Waals surface area contributed by atoms with Crippen LogP contribution in [0.4, 0.5) is 0 Å². The monoisotopic (exact) mass is 275 g/mol. The van der Waals surface area contributed by atoms with E-state index in [2.05, 4.69) is 20.5 Å². The molecule has 106 valence electrons. The van der Waals surface area contributed by atoms with E-state index in [4.69, 9.17) is 4.74 Å².